The Morgan fingerprint density at radius 3 is 3.00 bits per heavy atom. The molecule has 0 saturated carbocycles. The molecule has 0 unspecified atom stereocenters. The highest BCUT2D eigenvalue weighted by molar-refractivity contribution is 7.98. The van der Waals surface area contributed by atoms with Crippen LogP contribution in [0.15, 0.2) is 47.3 Å². The van der Waals surface area contributed by atoms with E-state index in [1.54, 1.807) is 11.8 Å². The van der Waals surface area contributed by atoms with E-state index in [0.717, 1.165) is 29.1 Å². The SMILES string of the molecule is CC1=CCn2nc(SCc3ccccc3)nc2N1. The predicted molar refractivity (Wildman–Crippen MR) is 73.4 cm³/mol. The molecule has 1 aliphatic rings. The summed E-state index contributed by atoms with van der Waals surface area (Å²) in [5, 5.41) is 8.50. The van der Waals surface area contributed by atoms with Crippen LogP contribution in [0.3, 0.4) is 0 Å². The van der Waals surface area contributed by atoms with E-state index in [9.17, 15) is 0 Å². The van der Waals surface area contributed by atoms with Crippen LogP contribution in [0.2, 0.25) is 0 Å². The van der Waals surface area contributed by atoms with Crippen LogP contribution in [0.1, 0.15) is 12.5 Å². The van der Waals surface area contributed by atoms with Crippen molar-refractivity contribution in [2.24, 2.45) is 0 Å². The molecule has 0 aliphatic carbocycles. The highest BCUT2D eigenvalue weighted by Gasteiger charge is 2.13. The number of fused-ring (bicyclic) bond motifs is 1. The van der Waals surface area contributed by atoms with Crippen LogP contribution in [0.4, 0.5) is 5.95 Å². The third-order valence-electron chi connectivity index (χ3n) is 2.74. The maximum atomic E-state index is 4.48. The molecule has 1 aromatic heterocycles. The standard InChI is InChI=1S/C13H14N4S/c1-10-7-8-17-12(14-10)15-13(16-17)18-9-11-5-3-2-4-6-11/h2-7H,8-9H2,1H3,(H,14,15,16). The van der Waals surface area contributed by atoms with Gasteiger partial charge in [0.15, 0.2) is 0 Å². The summed E-state index contributed by atoms with van der Waals surface area (Å²) in [5.74, 6) is 1.74. The second-order valence-corrected chi connectivity index (χ2v) is 5.13. The minimum atomic E-state index is 0.799. The van der Waals surface area contributed by atoms with Gasteiger partial charge in [0.2, 0.25) is 11.1 Å². The summed E-state index contributed by atoms with van der Waals surface area (Å²) in [6.45, 7) is 2.84. The maximum Gasteiger partial charge on any atom is 0.226 e. The van der Waals surface area contributed by atoms with Crippen molar-refractivity contribution in [3.8, 4) is 0 Å². The smallest absolute Gasteiger partial charge is 0.226 e. The number of benzene rings is 1. The summed E-state index contributed by atoms with van der Waals surface area (Å²) in [5.41, 5.74) is 2.42. The Kier molecular flexibility index (Phi) is 3.06. The molecule has 4 nitrogen and oxygen atoms in total. The van der Waals surface area contributed by atoms with Gasteiger partial charge in [0.05, 0.1) is 6.54 Å². The highest BCUT2D eigenvalue weighted by atomic mass is 32.2. The van der Waals surface area contributed by atoms with Gasteiger partial charge >= 0.3 is 0 Å². The van der Waals surface area contributed by atoms with Gasteiger partial charge in [0, 0.05) is 11.4 Å². The average molecular weight is 258 g/mol. The highest BCUT2D eigenvalue weighted by Crippen LogP contribution is 2.23. The summed E-state index contributed by atoms with van der Waals surface area (Å²) < 4.78 is 1.89. The first-order valence-electron chi connectivity index (χ1n) is 5.86. The zero-order chi connectivity index (χ0) is 12.4. The molecular weight excluding hydrogens is 244 g/mol. The number of hydrogen-bond acceptors (Lipinski definition) is 4. The van der Waals surface area contributed by atoms with Crippen molar-refractivity contribution in [2.75, 3.05) is 5.32 Å². The quantitative estimate of drug-likeness (QED) is 0.860. The summed E-state index contributed by atoms with van der Waals surface area (Å²) in [6.07, 6.45) is 2.10. The van der Waals surface area contributed by atoms with E-state index >= 15 is 0 Å². The van der Waals surface area contributed by atoms with Crippen molar-refractivity contribution in [1.29, 1.82) is 0 Å². The zero-order valence-corrected chi connectivity index (χ0v) is 10.9. The van der Waals surface area contributed by atoms with Gasteiger partial charge in [-0.25, -0.2) is 4.68 Å². The maximum absolute atomic E-state index is 4.48. The van der Waals surface area contributed by atoms with Crippen molar-refractivity contribution in [1.82, 2.24) is 14.8 Å². The van der Waals surface area contributed by atoms with Crippen LogP contribution >= 0.6 is 11.8 Å². The van der Waals surface area contributed by atoms with Crippen LogP contribution in [0, 0.1) is 0 Å². The number of anilines is 1. The first-order valence-corrected chi connectivity index (χ1v) is 6.85. The molecule has 2 heterocycles. The molecule has 0 bridgehead atoms. The molecule has 92 valence electrons. The zero-order valence-electron chi connectivity index (χ0n) is 10.1. The number of aromatic nitrogens is 3. The molecule has 18 heavy (non-hydrogen) atoms. The third kappa shape index (κ3) is 2.41. The fourth-order valence-corrected chi connectivity index (χ4v) is 2.57. The van der Waals surface area contributed by atoms with Crippen molar-refractivity contribution in [3.63, 3.8) is 0 Å². The Morgan fingerprint density at radius 2 is 2.17 bits per heavy atom. The monoisotopic (exact) mass is 258 g/mol. The van der Waals surface area contributed by atoms with Crippen LogP contribution in [-0.2, 0) is 12.3 Å². The van der Waals surface area contributed by atoms with Gasteiger partial charge in [-0.15, -0.1) is 5.10 Å². The summed E-state index contributed by atoms with van der Waals surface area (Å²) in [7, 11) is 0. The molecule has 3 rings (SSSR count). The number of hydrogen-bond donors (Lipinski definition) is 1. The Labute approximate surface area is 110 Å². The van der Waals surface area contributed by atoms with Crippen molar-refractivity contribution in [2.45, 2.75) is 24.4 Å². The molecule has 1 N–H and O–H groups in total. The Hall–Kier alpha value is -1.75. The fourth-order valence-electron chi connectivity index (χ4n) is 1.78. The number of nitrogens with zero attached hydrogens (tertiary/aromatic N) is 3. The van der Waals surface area contributed by atoms with E-state index in [0.29, 0.717) is 0 Å². The molecule has 0 radical (unpaired) electrons. The van der Waals surface area contributed by atoms with Crippen molar-refractivity contribution >= 4 is 17.7 Å². The molecule has 0 atom stereocenters. The van der Waals surface area contributed by atoms with Gasteiger partial charge in [-0.3, -0.25) is 0 Å². The van der Waals surface area contributed by atoms with E-state index < -0.39 is 0 Å². The van der Waals surface area contributed by atoms with Crippen LogP contribution in [0.25, 0.3) is 0 Å². The largest absolute Gasteiger partial charge is 0.329 e. The summed E-state index contributed by atoms with van der Waals surface area (Å²) in [6, 6.07) is 10.4. The van der Waals surface area contributed by atoms with Crippen LogP contribution in [0.5, 0.6) is 0 Å². The van der Waals surface area contributed by atoms with Crippen LogP contribution < -0.4 is 5.32 Å². The van der Waals surface area contributed by atoms with Crippen molar-refractivity contribution < 1.29 is 0 Å². The normalized spacial score (nSPS) is 13.7. The van der Waals surface area contributed by atoms with Crippen molar-refractivity contribution in [3.05, 3.63) is 47.7 Å². The minimum absolute atomic E-state index is 0.799. The number of thioether (sulfide) groups is 1. The topological polar surface area (TPSA) is 42.7 Å². The molecule has 5 heteroatoms. The average Bonchev–Trinajstić information content (AvgIpc) is 2.79. The van der Waals surface area contributed by atoms with Gasteiger partial charge in [-0.1, -0.05) is 42.1 Å². The lowest BCUT2D eigenvalue weighted by atomic mass is 10.2. The van der Waals surface area contributed by atoms with Gasteiger partial charge in [0.25, 0.3) is 0 Å². The third-order valence-corrected chi connectivity index (χ3v) is 3.65. The Balaban J connectivity index is 1.68. The first kappa shape index (κ1) is 11.3. The number of nitrogens with one attached hydrogen (secondary N) is 1. The molecule has 0 amide bonds. The van der Waals surface area contributed by atoms with Gasteiger partial charge < -0.3 is 5.32 Å². The van der Waals surface area contributed by atoms with Crippen LogP contribution in [-0.4, -0.2) is 14.8 Å². The molecular formula is C13H14N4S. The molecule has 2 aromatic rings. The molecule has 0 fully saturated rings. The Morgan fingerprint density at radius 1 is 1.33 bits per heavy atom. The second kappa shape index (κ2) is 4.86. The lowest BCUT2D eigenvalue weighted by Gasteiger charge is -2.11. The lowest BCUT2D eigenvalue weighted by Crippen LogP contribution is -2.12. The Bertz CT molecular complexity index is 574. The van der Waals surface area contributed by atoms with E-state index in [4.69, 9.17) is 0 Å². The van der Waals surface area contributed by atoms with E-state index in [-0.39, 0.29) is 0 Å². The van der Waals surface area contributed by atoms with Gasteiger partial charge in [-0.05, 0) is 18.6 Å². The molecule has 0 saturated heterocycles. The lowest BCUT2D eigenvalue weighted by molar-refractivity contribution is 0.672. The second-order valence-electron chi connectivity index (χ2n) is 4.19. The predicted octanol–water partition coefficient (Wildman–Crippen LogP) is 2.90. The minimum Gasteiger partial charge on any atom is -0.329 e. The molecule has 1 aromatic carbocycles. The molecule has 1 aliphatic heterocycles. The number of rotatable bonds is 3. The first-order chi connectivity index (χ1) is 8.81. The summed E-state index contributed by atoms with van der Waals surface area (Å²) in [4.78, 5) is 4.48. The summed E-state index contributed by atoms with van der Waals surface area (Å²) >= 11 is 1.66. The number of allylic oxidation sites excluding steroid dienone is 2. The van der Waals surface area contributed by atoms with E-state index in [2.05, 4.69) is 45.7 Å². The van der Waals surface area contributed by atoms with E-state index in [1.165, 1.54) is 5.56 Å². The fraction of sp³-hybridized carbons (Fsp3) is 0.231. The molecule has 0 spiro atoms. The van der Waals surface area contributed by atoms with Gasteiger partial charge in [-0.2, -0.15) is 4.98 Å². The van der Waals surface area contributed by atoms with E-state index in [1.807, 2.05) is 17.7 Å². The van der Waals surface area contributed by atoms with Gasteiger partial charge in [0.1, 0.15) is 0 Å².